The molecule has 0 aliphatic heterocycles. The van der Waals surface area contributed by atoms with Crippen LogP contribution in [0, 0.1) is 5.82 Å². The van der Waals surface area contributed by atoms with Gasteiger partial charge in [0, 0.05) is 24.6 Å². The molecule has 0 spiro atoms. The predicted molar refractivity (Wildman–Crippen MR) is 92.7 cm³/mol. The van der Waals surface area contributed by atoms with E-state index < -0.39 is 0 Å². The summed E-state index contributed by atoms with van der Waals surface area (Å²) in [7, 11) is 0. The van der Waals surface area contributed by atoms with Gasteiger partial charge in [0.25, 0.3) is 5.22 Å². The second-order valence-electron chi connectivity index (χ2n) is 5.02. The molecule has 8 heteroatoms. The van der Waals surface area contributed by atoms with Gasteiger partial charge in [-0.1, -0.05) is 11.8 Å². The van der Waals surface area contributed by atoms with Crippen LogP contribution < -0.4 is 4.90 Å². The Kier molecular flexibility index (Phi) is 5.39. The number of carbonyl (C=O) groups is 1. The van der Waals surface area contributed by atoms with Crippen LogP contribution >= 0.6 is 11.8 Å². The molecule has 128 valence electrons. The number of thioether (sulfide) groups is 1. The van der Waals surface area contributed by atoms with Crippen molar-refractivity contribution in [1.29, 1.82) is 0 Å². The number of amides is 1. The standard InChI is InChI=1S/C17H15FN4O2S/c1-2-22(14-7-5-13(18)6-8-14)15(23)11-25-17-21-20-16(24-17)12-4-3-9-19-10-12/h3-10H,2,11H2,1H3. The monoisotopic (exact) mass is 358 g/mol. The third kappa shape index (κ3) is 4.21. The van der Waals surface area contributed by atoms with Crippen LogP contribution in [0.2, 0.25) is 0 Å². The molecule has 0 N–H and O–H groups in total. The van der Waals surface area contributed by atoms with Crippen molar-refractivity contribution in [2.75, 3.05) is 17.2 Å². The number of anilines is 1. The van der Waals surface area contributed by atoms with E-state index in [1.54, 1.807) is 35.5 Å². The van der Waals surface area contributed by atoms with Crippen molar-refractivity contribution in [1.82, 2.24) is 15.2 Å². The summed E-state index contributed by atoms with van der Waals surface area (Å²) in [5.41, 5.74) is 1.37. The van der Waals surface area contributed by atoms with E-state index in [1.807, 2.05) is 13.0 Å². The lowest BCUT2D eigenvalue weighted by atomic mass is 10.3. The Morgan fingerprint density at radius 3 is 2.72 bits per heavy atom. The zero-order valence-electron chi connectivity index (χ0n) is 13.4. The van der Waals surface area contributed by atoms with Gasteiger partial charge in [-0.2, -0.15) is 0 Å². The summed E-state index contributed by atoms with van der Waals surface area (Å²) in [5, 5.41) is 8.19. The molecule has 6 nitrogen and oxygen atoms in total. The molecule has 3 rings (SSSR count). The molecule has 0 bridgehead atoms. The first-order valence-electron chi connectivity index (χ1n) is 7.60. The van der Waals surface area contributed by atoms with Gasteiger partial charge >= 0.3 is 0 Å². The Hall–Kier alpha value is -2.74. The number of hydrogen-bond donors (Lipinski definition) is 0. The van der Waals surface area contributed by atoms with Crippen molar-refractivity contribution in [3.63, 3.8) is 0 Å². The summed E-state index contributed by atoms with van der Waals surface area (Å²) in [6.45, 7) is 2.34. The van der Waals surface area contributed by atoms with E-state index in [0.717, 1.165) is 17.3 Å². The normalized spacial score (nSPS) is 10.6. The van der Waals surface area contributed by atoms with Crippen LogP contribution in [0.3, 0.4) is 0 Å². The van der Waals surface area contributed by atoms with Crippen molar-refractivity contribution in [2.45, 2.75) is 12.1 Å². The fourth-order valence-electron chi connectivity index (χ4n) is 2.20. The number of aromatic nitrogens is 3. The summed E-state index contributed by atoms with van der Waals surface area (Å²) in [6.07, 6.45) is 3.28. The largest absolute Gasteiger partial charge is 0.411 e. The first-order valence-corrected chi connectivity index (χ1v) is 8.58. The zero-order chi connectivity index (χ0) is 17.6. The first-order chi connectivity index (χ1) is 12.2. The summed E-state index contributed by atoms with van der Waals surface area (Å²) in [6, 6.07) is 9.40. The number of nitrogens with zero attached hydrogens (tertiary/aromatic N) is 4. The first kappa shape index (κ1) is 17.1. The predicted octanol–water partition coefficient (Wildman–Crippen LogP) is 3.42. The molecule has 0 saturated heterocycles. The molecule has 25 heavy (non-hydrogen) atoms. The molecule has 0 aliphatic carbocycles. The van der Waals surface area contributed by atoms with Gasteiger partial charge in [-0.05, 0) is 43.3 Å². The molecule has 2 heterocycles. The van der Waals surface area contributed by atoms with Gasteiger partial charge in [-0.15, -0.1) is 10.2 Å². The van der Waals surface area contributed by atoms with Gasteiger partial charge in [0.2, 0.25) is 11.8 Å². The van der Waals surface area contributed by atoms with E-state index in [9.17, 15) is 9.18 Å². The third-order valence-corrected chi connectivity index (χ3v) is 4.19. The van der Waals surface area contributed by atoms with Crippen LogP contribution in [-0.2, 0) is 4.79 Å². The zero-order valence-corrected chi connectivity index (χ0v) is 14.2. The van der Waals surface area contributed by atoms with E-state index >= 15 is 0 Å². The van der Waals surface area contributed by atoms with Crippen LogP contribution in [-0.4, -0.2) is 33.4 Å². The Balaban J connectivity index is 1.63. The SMILES string of the molecule is CCN(C(=O)CSc1nnc(-c2cccnc2)o1)c1ccc(F)cc1. The molecule has 3 aromatic rings. The summed E-state index contributed by atoms with van der Waals surface area (Å²) >= 11 is 1.16. The Morgan fingerprint density at radius 1 is 1.24 bits per heavy atom. The smallest absolute Gasteiger partial charge is 0.277 e. The molecule has 1 aromatic carbocycles. The summed E-state index contributed by atoms with van der Waals surface area (Å²) in [5.74, 6) is 0.0319. The number of benzene rings is 1. The Bertz CT molecular complexity index is 839. The topological polar surface area (TPSA) is 72.1 Å². The fraction of sp³-hybridized carbons (Fsp3) is 0.176. The highest BCUT2D eigenvalue weighted by atomic mass is 32.2. The quantitative estimate of drug-likeness (QED) is 0.629. The van der Waals surface area contributed by atoms with E-state index in [0.29, 0.717) is 23.3 Å². The van der Waals surface area contributed by atoms with Crippen LogP contribution in [0.5, 0.6) is 0 Å². The second kappa shape index (κ2) is 7.89. The van der Waals surface area contributed by atoms with E-state index in [-0.39, 0.29) is 17.5 Å². The third-order valence-electron chi connectivity index (χ3n) is 3.39. The lowest BCUT2D eigenvalue weighted by Gasteiger charge is -2.20. The number of rotatable bonds is 6. The second-order valence-corrected chi connectivity index (χ2v) is 5.94. The van der Waals surface area contributed by atoms with Crippen LogP contribution in [0.15, 0.2) is 58.4 Å². The number of hydrogen-bond acceptors (Lipinski definition) is 6. The van der Waals surface area contributed by atoms with Gasteiger partial charge in [0.15, 0.2) is 0 Å². The van der Waals surface area contributed by atoms with Crippen LogP contribution in [0.1, 0.15) is 6.92 Å². The molecule has 0 aliphatic rings. The average Bonchev–Trinajstić information content (AvgIpc) is 3.12. The minimum absolute atomic E-state index is 0.125. The van der Waals surface area contributed by atoms with Crippen LogP contribution in [0.25, 0.3) is 11.5 Å². The molecular formula is C17H15FN4O2S. The summed E-state index contributed by atoms with van der Waals surface area (Å²) < 4.78 is 18.6. The van der Waals surface area contributed by atoms with Gasteiger partial charge in [0.05, 0.1) is 11.3 Å². The highest BCUT2D eigenvalue weighted by molar-refractivity contribution is 7.99. The molecule has 0 unspecified atom stereocenters. The van der Waals surface area contributed by atoms with Gasteiger partial charge in [0.1, 0.15) is 5.82 Å². The molecule has 0 saturated carbocycles. The van der Waals surface area contributed by atoms with Gasteiger partial charge < -0.3 is 9.32 Å². The van der Waals surface area contributed by atoms with Gasteiger partial charge in [-0.25, -0.2) is 4.39 Å². The maximum Gasteiger partial charge on any atom is 0.277 e. The lowest BCUT2D eigenvalue weighted by Crippen LogP contribution is -2.32. The average molecular weight is 358 g/mol. The number of pyridine rings is 1. The maximum absolute atomic E-state index is 13.0. The van der Waals surface area contributed by atoms with Crippen molar-refractivity contribution in [2.24, 2.45) is 0 Å². The van der Waals surface area contributed by atoms with Crippen molar-refractivity contribution >= 4 is 23.4 Å². The van der Waals surface area contributed by atoms with Gasteiger partial charge in [-0.3, -0.25) is 9.78 Å². The molecule has 0 fully saturated rings. The Morgan fingerprint density at radius 2 is 2.04 bits per heavy atom. The molecular weight excluding hydrogens is 343 g/mol. The molecule has 0 radical (unpaired) electrons. The molecule has 2 aromatic heterocycles. The minimum Gasteiger partial charge on any atom is -0.411 e. The maximum atomic E-state index is 13.0. The number of halogens is 1. The molecule has 0 atom stereocenters. The van der Waals surface area contributed by atoms with E-state index in [1.165, 1.54) is 12.1 Å². The minimum atomic E-state index is -0.338. The van der Waals surface area contributed by atoms with Crippen LogP contribution in [0.4, 0.5) is 10.1 Å². The van der Waals surface area contributed by atoms with E-state index in [2.05, 4.69) is 15.2 Å². The Labute approximate surface area is 148 Å². The highest BCUT2D eigenvalue weighted by Crippen LogP contribution is 2.23. The van der Waals surface area contributed by atoms with Crippen molar-refractivity contribution < 1.29 is 13.6 Å². The van der Waals surface area contributed by atoms with Crippen molar-refractivity contribution in [3.8, 4) is 11.5 Å². The molecule has 1 amide bonds. The summed E-state index contributed by atoms with van der Waals surface area (Å²) in [4.78, 5) is 18.0. The number of carbonyl (C=O) groups excluding carboxylic acids is 1. The lowest BCUT2D eigenvalue weighted by molar-refractivity contribution is -0.116. The van der Waals surface area contributed by atoms with Crippen molar-refractivity contribution in [3.05, 3.63) is 54.6 Å². The fourth-order valence-corrected chi connectivity index (χ4v) is 2.84. The van der Waals surface area contributed by atoms with E-state index in [4.69, 9.17) is 4.42 Å². The highest BCUT2D eigenvalue weighted by Gasteiger charge is 2.16.